The van der Waals surface area contributed by atoms with Crippen LogP contribution in [0.2, 0.25) is 13.3 Å². The van der Waals surface area contributed by atoms with Crippen molar-refractivity contribution < 1.29 is 19.0 Å². The normalized spacial score (nSPS) is 13.1. The first-order valence-corrected chi connectivity index (χ1v) is 22.5. The van der Waals surface area contributed by atoms with Crippen molar-refractivity contribution in [2.75, 3.05) is 13.2 Å². The van der Waals surface area contributed by atoms with Crippen molar-refractivity contribution in [2.24, 2.45) is 0 Å². The average molecular weight is 647 g/mol. The second kappa shape index (κ2) is 18.8. The average Bonchev–Trinajstić information content (AvgIpc) is 2.94. The molecule has 2 N–H and O–H groups in total. The Kier molecular flexibility index (Phi) is 16.2. The van der Waals surface area contributed by atoms with Crippen molar-refractivity contribution >= 4 is 18.4 Å². The monoisotopic (exact) mass is 648 g/mol. The summed E-state index contributed by atoms with van der Waals surface area (Å²) in [6.45, 7) is 6.97. The van der Waals surface area contributed by atoms with E-state index in [-0.39, 0.29) is 24.8 Å². The van der Waals surface area contributed by atoms with E-state index in [2.05, 4.69) is 26.8 Å². The Bertz CT molecular complexity index is 991. The molecule has 0 aliphatic rings. The molecule has 0 heterocycles. The third-order valence-corrected chi connectivity index (χ3v) is 23.8. The molecule has 0 aromatic heterocycles. The number of aliphatic hydroxyl groups is 2. The summed E-state index contributed by atoms with van der Waals surface area (Å²) in [5.74, 6) is -0.500. The van der Waals surface area contributed by atoms with Gasteiger partial charge in [0.1, 0.15) is 0 Å². The van der Waals surface area contributed by atoms with Crippen LogP contribution in [-0.4, -0.2) is 41.8 Å². The van der Waals surface area contributed by atoms with Crippen molar-refractivity contribution in [1.82, 2.24) is 0 Å². The molecular formula is C34H50F2O2Sn. The van der Waals surface area contributed by atoms with E-state index in [9.17, 15) is 19.0 Å². The van der Waals surface area contributed by atoms with Crippen LogP contribution in [-0.2, 0) is 12.8 Å². The molecule has 0 bridgehead atoms. The Balaban J connectivity index is 2.82. The van der Waals surface area contributed by atoms with Crippen LogP contribution in [0.1, 0.15) is 83.3 Å². The zero-order chi connectivity index (χ0) is 28.5. The Morgan fingerprint density at radius 3 is 1.56 bits per heavy atom. The summed E-state index contributed by atoms with van der Waals surface area (Å²) in [6, 6.07) is 13.5. The van der Waals surface area contributed by atoms with Crippen molar-refractivity contribution in [1.29, 1.82) is 0 Å². The molecule has 0 unspecified atom stereocenters. The number of allylic oxidation sites excluding steroid dienone is 2. The van der Waals surface area contributed by atoms with Gasteiger partial charge in [-0.25, -0.2) is 0 Å². The molecule has 2 nitrogen and oxygen atoms in total. The molecule has 0 atom stereocenters. The van der Waals surface area contributed by atoms with Gasteiger partial charge in [0.25, 0.3) is 0 Å². The molecule has 2 aromatic carbocycles. The molecule has 2 rings (SSSR count). The number of aliphatic hydroxyl groups excluding tert-OH is 2. The molecule has 0 amide bonds. The number of rotatable bonds is 19. The van der Waals surface area contributed by atoms with Crippen molar-refractivity contribution in [3.8, 4) is 0 Å². The van der Waals surface area contributed by atoms with E-state index >= 15 is 0 Å². The summed E-state index contributed by atoms with van der Waals surface area (Å²) < 4.78 is 32.9. The summed E-state index contributed by atoms with van der Waals surface area (Å²) in [5.41, 5.74) is 4.54. The number of unbranched alkanes of at least 4 members (excludes halogenated alkanes) is 3. The molecule has 0 aliphatic heterocycles. The summed E-state index contributed by atoms with van der Waals surface area (Å²) >= 11 is -3.00. The first-order chi connectivity index (χ1) is 18.9. The minimum atomic E-state index is -3.00. The van der Waals surface area contributed by atoms with Crippen molar-refractivity contribution in [3.05, 3.63) is 92.1 Å². The van der Waals surface area contributed by atoms with Crippen molar-refractivity contribution in [2.45, 2.75) is 98.3 Å². The maximum atomic E-state index is 13.9. The first-order valence-electron chi connectivity index (χ1n) is 15.0. The second-order valence-electron chi connectivity index (χ2n) is 10.9. The van der Waals surface area contributed by atoms with Crippen LogP contribution >= 0.6 is 0 Å². The molecule has 0 saturated carbocycles. The quantitative estimate of drug-likeness (QED) is 0.118. The molecule has 0 saturated heterocycles. The first kappa shape index (κ1) is 33.7. The Hall–Kier alpha value is -1.50. The summed E-state index contributed by atoms with van der Waals surface area (Å²) in [7, 11) is 0. The van der Waals surface area contributed by atoms with Crippen LogP contribution < -0.4 is 0 Å². The van der Waals surface area contributed by atoms with E-state index in [4.69, 9.17) is 0 Å². The van der Waals surface area contributed by atoms with Gasteiger partial charge in [-0.15, -0.1) is 0 Å². The van der Waals surface area contributed by atoms with Crippen molar-refractivity contribution in [3.63, 3.8) is 0 Å². The topological polar surface area (TPSA) is 40.5 Å². The fourth-order valence-electron chi connectivity index (χ4n) is 5.74. The fourth-order valence-corrected chi connectivity index (χ4v) is 23.2. The fraction of sp³-hybridized carbons (Fsp3) is 0.529. The van der Waals surface area contributed by atoms with Gasteiger partial charge >= 0.3 is 241 Å². The van der Waals surface area contributed by atoms with E-state index in [1.165, 1.54) is 90.8 Å². The van der Waals surface area contributed by atoms with Gasteiger partial charge in [0.2, 0.25) is 0 Å². The van der Waals surface area contributed by atoms with Crippen LogP contribution in [0.15, 0.2) is 69.3 Å². The molecule has 0 aliphatic carbocycles. The molecule has 0 radical (unpaired) electrons. The van der Waals surface area contributed by atoms with Gasteiger partial charge in [-0.2, -0.15) is 0 Å². The standard InChI is InChI=1S/C22H23F2O2.3C4H9.Sn/c23-21-8-4-17(5-9-21)15-19(3-1-2-13-25)20(12-14-26)16-18-6-10-22(24)11-7-18;3*1-3-4-2;/h1,4-11,25-26H,2,12-16H2;3*1,3-4H2,2H3;/b3-1?,20-19+;;;;. The molecule has 0 spiro atoms. The van der Waals surface area contributed by atoms with E-state index in [0.29, 0.717) is 25.7 Å². The number of halogens is 2. The Morgan fingerprint density at radius 2 is 1.15 bits per heavy atom. The van der Waals surface area contributed by atoms with Gasteiger partial charge in [-0.1, -0.05) is 0 Å². The van der Waals surface area contributed by atoms with E-state index < -0.39 is 18.4 Å². The molecule has 216 valence electrons. The van der Waals surface area contributed by atoms with E-state index in [1.54, 1.807) is 0 Å². The van der Waals surface area contributed by atoms with Gasteiger partial charge in [0, 0.05) is 0 Å². The zero-order valence-electron chi connectivity index (χ0n) is 24.5. The predicted octanol–water partition coefficient (Wildman–Crippen LogP) is 9.13. The SMILES string of the molecule is CCC[CH2][Sn]([CH2]CCC)([CH2]CCC)[C](=C/CCO)/C(Cc1ccc(F)cc1)=C(/CCO)Cc1ccc(F)cc1. The number of hydrogen-bond acceptors (Lipinski definition) is 2. The molecular weight excluding hydrogens is 597 g/mol. The number of hydrogen-bond donors (Lipinski definition) is 2. The molecule has 2 aromatic rings. The minimum absolute atomic E-state index is 0.0398. The summed E-state index contributed by atoms with van der Waals surface area (Å²) in [4.78, 5) is 0. The summed E-state index contributed by atoms with van der Waals surface area (Å²) in [5, 5.41) is 20.2. The zero-order valence-corrected chi connectivity index (χ0v) is 27.3. The van der Waals surface area contributed by atoms with Crippen LogP contribution in [0.5, 0.6) is 0 Å². The molecule has 0 fully saturated rings. The Labute approximate surface area is 240 Å². The maximum absolute atomic E-state index is 13.9. The third-order valence-electron chi connectivity index (χ3n) is 7.87. The molecule has 39 heavy (non-hydrogen) atoms. The second-order valence-corrected chi connectivity index (χ2v) is 24.0. The number of benzene rings is 2. The van der Waals surface area contributed by atoms with Gasteiger partial charge in [0.15, 0.2) is 0 Å². The Morgan fingerprint density at radius 1 is 0.692 bits per heavy atom. The van der Waals surface area contributed by atoms with Crippen LogP contribution in [0.4, 0.5) is 8.78 Å². The van der Waals surface area contributed by atoms with Crippen LogP contribution in [0.25, 0.3) is 0 Å². The van der Waals surface area contributed by atoms with Gasteiger partial charge in [-0.05, 0) is 0 Å². The van der Waals surface area contributed by atoms with Crippen LogP contribution in [0, 0.1) is 11.6 Å². The van der Waals surface area contributed by atoms with Gasteiger partial charge in [0.05, 0.1) is 0 Å². The molecule has 5 heteroatoms. The van der Waals surface area contributed by atoms with Gasteiger partial charge < -0.3 is 0 Å². The summed E-state index contributed by atoms with van der Waals surface area (Å²) in [6.07, 6.45) is 12.0. The van der Waals surface area contributed by atoms with E-state index in [0.717, 1.165) is 11.1 Å². The predicted molar refractivity (Wildman–Crippen MR) is 164 cm³/mol. The van der Waals surface area contributed by atoms with E-state index in [1.807, 2.05) is 24.3 Å². The van der Waals surface area contributed by atoms with Crippen LogP contribution in [0.3, 0.4) is 0 Å². The third kappa shape index (κ3) is 11.1. The van der Waals surface area contributed by atoms with Gasteiger partial charge in [-0.3, -0.25) is 0 Å².